The van der Waals surface area contributed by atoms with Crippen molar-refractivity contribution in [3.63, 3.8) is 0 Å². The van der Waals surface area contributed by atoms with Crippen molar-refractivity contribution in [2.24, 2.45) is 0 Å². The first kappa shape index (κ1) is 13.6. The number of nitro benzene ring substituents is 1. The second-order valence-electron chi connectivity index (χ2n) is 5.69. The van der Waals surface area contributed by atoms with Crippen LogP contribution in [0, 0.1) is 24.0 Å². The molecule has 108 valence electrons. The zero-order valence-corrected chi connectivity index (χ0v) is 12.2. The van der Waals surface area contributed by atoms with Crippen molar-refractivity contribution in [1.82, 2.24) is 0 Å². The summed E-state index contributed by atoms with van der Waals surface area (Å²) in [6.07, 6.45) is 2.15. The second-order valence-corrected chi connectivity index (χ2v) is 5.69. The number of non-ortho nitro benzene ring substituents is 1. The maximum absolute atomic E-state index is 10.8. The molecule has 3 rings (SSSR count). The van der Waals surface area contributed by atoms with Crippen LogP contribution in [0.25, 0.3) is 0 Å². The van der Waals surface area contributed by atoms with E-state index in [1.807, 2.05) is 6.92 Å². The Hall–Kier alpha value is -2.36. The van der Waals surface area contributed by atoms with E-state index < -0.39 is 0 Å². The molecule has 2 aromatic carbocycles. The minimum Gasteiger partial charge on any atom is -0.378 e. The average molecular weight is 282 g/mol. The minimum atomic E-state index is -0.356. The van der Waals surface area contributed by atoms with Crippen molar-refractivity contribution in [3.8, 4) is 0 Å². The third-order valence-electron chi connectivity index (χ3n) is 4.13. The standard InChI is InChI=1S/C17H18N2O2/c1-11-3-4-13-5-7-17(15(13)9-11)18-16-8-6-14(19(20)21)10-12(16)2/h3-4,6,8-10,17-18H,5,7H2,1-2H3. The van der Waals surface area contributed by atoms with Gasteiger partial charge in [-0.15, -0.1) is 0 Å². The maximum Gasteiger partial charge on any atom is 0.269 e. The molecule has 1 N–H and O–H groups in total. The fourth-order valence-corrected chi connectivity index (χ4v) is 2.98. The van der Waals surface area contributed by atoms with Gasteiger partial charge < -0.3 is 5.32 Å². The van der Waals surface area contributed by atoms with Crippen molar-refractivity contribution in [2.75, 3.05) is 5.32 Å². The van der Waals surface area contributed by atoms with Crippen LogP contribution in [0.4, 0.5) is 11.4 Å². The van der Waals surface area contributed by atoms with E-state index in [2.05, 4.69) is 30.4 Å². The van der Waals surface area contributed by atoms with Gasteiger partial charge in [-0.2, -0.15) is 0 Å². The van der Waals surface area contributed by atoms with Crippen LogP contribution >= 0.6 is 0 Å². The SMILES string of the molecule is Cc1ccc2c(c1)C(Nc1ccc([N+](=O)[O-])cc1C)CC2. The molecule has 0 saturated carbocycles. The van der Waals surface area contributed by atoms with Gasteiger partial charge in [0.2, 0.25) is 0 Å². The van der Waals surface area contributed by atoms with Gasteiger partial charge in [-0.25, -0.2) is 0 Å². The van der Waals surface area contributed by atoms with Gasteiger partial charge in [0.05, 0.1) is 11.0 Å². The lowest BCUT2D eigenvalue weighted by molar-refractivity contribution is -0.384. The molecular weight excluding hydrogens is 264 g/mol. The Bertz CT molecular complexity index is 710. The minimum absolute atomic E-state index is 0.140. The van der Waals surface area contributed by atoms with Gasteiger partial charge in [0, 0.05) is 17.8 Å². The van der Waals surface area contributed by atoms with Gasteiger partial charge >= 0.3 is 0 Å². The summed E-state index contributed by atoms with van der Waals surface area (Å²) >= 11 is 0. The first-order chi connectivity index (χ1) is 10.0. The summed E-state index contributed by atoms with van der Waals surface area (Å²) in [4.78, 5) is 10.4. The van der Waals surface area contributed by atoms with E-state index >= 15 is 0 Å². The van der Waals surface area contributed by atoms with Crippen LogP contribution in [0.1, 0.15) is 34.7 Å². The molecule has 0 spiro atoms. The third-order valence-corrected chi connectivity index (χ3v) is 4.13. The number of aryl methyl sites for hydroxylation is 3. The van der Waals surface area contributed by atoms with Crippen LogP contribution in [-0.4, -0.2) is 4.92 Å². The zero-order chi connectivity index (χ0) is 15.0. The molecule has 0 aliphatic heterocycles. The number of rotatable bonds is 3. The summed E-state index contributed by atoms with van der Waals surface area (Å²) in [5.74, 6) is 0. The summed E-state index contributed by atoms with van der Waals surface area (Å²) < 4.78 is 0. The summed E-state index contributed by atoms with van der Waals surface area (Å²) in [5, 5.41) is 14.3. The molecule has 0 heterocycles. The number of benzene rings is 2. The molecule has 1 aliphatic carbocycles. The first-order valence-corrected chi connectivity index (χ1v) is 7.15. The number of nitrogens with zero attached hydrogens (tertiary/aromatic N) is 1. The van der Waals surface area contributed by atoms with Crippen molar-refractivity contribution < 1.29 is 4.92 Å². The number of hydrogen-bond donors (Lipinski definition) is 1. The van der Waals surface area contributed by atoms with Gasteiger partial charge in [0.1, 0.15) is 0 Å². The molecule has 1 unspecified atom stereocenters. The summed E-state index contributed by atoms with van der Waals surface area (Å²) in [5.41, 5.74) is 6.04. The van der Waals surface area contributed by atoms with E-state index in [1.54, 1.807) is 18.2 Å². The van der Waals surface area contributed by atoms with Crippen molar-refractivity contribution in [2.45, 2.75) is 32.7 Å². The Morgan fingerprint density at radius 3 is 2.71 bits per heavy atom. The lowest BCUT2D eigenvalue weighted by Gasteiger charge is -2.17. The Morgan fingerprint density at radius 1 is 1.19 bits per heavy atom. The number of nitrogens with one attached hydrogen (secondary N) is 1. The molecule has 0 aromatic heterocycles. The van der Waals surface area contributed by atoms with E-state index in [1.165, 1.54) is 16.7 Å². The van der Waals surface area contributed by atoms with Gasteiger partial charge in [0.15, 0.2) is 0 Å². The molecule has 1 aliphatic rings. The van der Waals surface area contributed by atoms with E-state index in [-0.39, 0.29) is 10.6 Å². The topological polar surface area (TPSA) is 55.2 Å². The van der Waals surface area contributed by atoms with Crippen LogP contribution in [0.5, 0.6) is 0 Å². The highest BCUT2D eigenvalue weighted by atomic mass is 16.6. The van der Waals surface area contributed by atoms with Gasteiger partial charge in [-0.3, -0.25) is 10.1 Å². The number of hydrogen-bond acceptors (Lipinski definition) is 3. The lowest BCUT2D eigenvalue weighted by atomic mass is 10.0. The number of nitro groups is 1. The predicted octanol–water partition coefficient (Wildman–Crippen LogP) is 4.31. The zero-order valence-electron chi connectivity index (χ0n) is 12.2. The smallest absolute Gasteiger partial charge is 0.269 e. The molecule has 21 heavy (non-hydrogen) atoms. The molecule has 4 nitrogen and oxygen atoms in total. The summed E-state index contributed by atoms with van der Waals surface area (Å²) in [6.45, 7) is 4.01. The predicted molar refractivity (Wildman–Crippen MR) is 83.7 cm³/mol. The molecule has 0 fully saturated rings. The summed E-state index contributed by atoms with van der Waals surface area (Å²) in [7, 11) is 0. The number of anilines is 1. The van der Waals surface area contributed by atoms with Gasteiger partial charge in [-0.05, 0) is 49.4 Å². The Morgan fingerprint density at radius 2 is 2.00 bits per heavy atom. The highest BCUT2D eigenvalue weighted by Crippen LogP contribution is 2.35. The summed E-state index contributed by atoms with van der Waals surface area (Å²) in [6, 6.07) is 11.9. The van der Waals surface area contributed by atoms with Crippen LogP contribution in [0.3, 0.4) is 0 Å². The van der Waals surface area contributed by atoms with Crippen molar-refractivity contribution in [1.29, 1.82) is 0 Å². The average Bonchev–Trinajstić information content (AvgIpc) is 2.83. The van der Waals surface area contributed by atoms with Gasteiger partial charge in [0.25, 0.3) is 5.69 Å². The van der Waals surface area contributed by atoms with Crippen molar-refractivity contribution in [3.05, 3.63) is 68.8 Å². The van der Waals surface area contributed by atoms with E-state index in [0.717, 1.165) is 24.1 Å². The Balaban J connectivity index is 1.86. The van der Waals surface area contributed by atoms with Crippen LogP contribution < -0.4 is 5.32 Å². The molecule has 0 amide bonds. The van der Waals surface area contributed by atoms with Crippen LogP contribution in [-0.2, 0) is 6.42 Å². The van der Waals surface area contributed by atoms with E-state index in [9.17, 15) is 10.1 Å². The fourth-order valence-electron chi connectivity index (χ4n) is 2.98. The third kappa shape index (κ3) is 2.61. The van der Waals surface area contributed by atoms with Crippen LogP contribution in [0.2, 0.25) is 0 Å². The van der Waals surface area contributed by atoms with E-state index in [4.69, 9.17) is 0 Å². The Labute approximate surface area is 124 Å². The molecule has 0 bridgehead atoms. The molecule has 1 atom stereocenters. The lowest BCUT2D eigenvalue weighted by Crippen LogP contribution is -2.08. The van der Waals surface area contributed by atoms with E-state index in [0.29, 0.717) is 6.04 Å². The maximum atomic E-state index is 10.8. The highest BCUT2D eigenvalue weighted by Gasteiger charge is 2.23. The van der Waals surface area contributed by atoms with Gasteiger partial charge in [-0.1, -0.05) is 23.8 Å². The monoisotopic (exact) mass is 282 g/mol. The number of fused-ring (bicyclic) bond motifs is 1. The largest absolute Gasteiger partial charge is 0.378 e. The molecular formula is C17H18N2O2. The first-order valence-electron chi connectivity index (χ1n) is 7.15. The van der Waals surface area contributed by atoms with Crippen molar-refractivity contribution >= 4 is 11.4 Å². The molecule has 4 heteroatoms. The second kappa shape index (κ2) is 5.20. The molecule has 2 aromatic rings. The quantitative estimate of drug-likeness (QED) is 0.674. The highest BCUT2D eigenvalue weighted by molar-refractivity contribution is 5.57. The Kier molecular flexibility index (Phi) is 3.37. The normalized spacial score (nSPS) is 16.6. The molecule has 0 radical (unpaired) electrons. The van der Waals surface area contributed by atoms with Crippen LogP contribution in [0.15, 0.2) is 36.4 Å². The molecule has 0 saturated heterocycles. The fraction of sp³-hybridized carbons (Fsp3) is 0.294.